The number of aromatic nitrogens is 3. The molecule has 0 N–H and O–H groups in total. The predicted octanol–water partition coefficient (Wildman–Crippen LogP) is 3.50. The highest BCUT2D eigenvalue weighted by molar-refractivity contribution is 6.99. The van der Waals surface area contributed by atoms with Gasteiger partial charge >= 0.3 is 0 Å². The number of benzene rings is 1. The van der Waals surface area contributed by atoms with Gasteiger partial charge in [0.25, 0.3) is 0 Å². The largest absolute Gasteiger partial charge is 0.490 e. The number of fused-ring (bicyclic) bond motifs is 1. The second kappa shape index (κ2) is 6.89. The number of rotatable bonds is 4. The molecule has 4 heterocycles. The minimum atomic E-state index is 0.251. The van der Waals surface area contributed by atoms with Crippen LogP contribution in [0, 0.1) is 0 Å². The molecule has 0 spiro atoms. The zero-order valence-electron chi connectivity index (χ0n) is 14.6. The van der Waals surface area contributed by atoms with Gasteiger partial charge in [0, 0.05) is 44.1 Å². The van der Waals surface area contributed by atoms with Crippen LogP contribution in [0.3, 0.4) is 0 Å². The molecule has 0 amide bonds. The maximum atomic E-state index is 6.41. The first kappa shape index (κ1) is 16.1. The van der Waals surface area contributed by atoms with Crippen LogP contribution in [0.4, 0.5) is 5.82 Å². The number of nitrogens with zero attached hydrogens (tertiary/aromatic N) is 4. The average molecular weight is 370 g/mol. The van der Waals surface area contributed by atoms with Gasteiger partial charge in [-0.05, 0) is 24.6 Å². The Balaban J connectivity index is 1.31. The van der Waals surface area contributed by atoms with Gasteiger partial charge in [0.05, 0.1) is 36.1 Å². The topological polar surface area (TPSA) is 52.4 Å². The Bertz CT molecular complexity index is 865. The van der Waals surface area contributed by atoms with Crippen molar-refractivity contribution in [3.8, 4) is 5.75 Å². The first-order chi connectivity index (χ1) is 12.9. The molecule has 26 heavy (non-hydrogen) atoms. The summed E-state index contributed by atoms with van der Waals surface area (Å²) < 4.78 is 22.7. The molecule has 2 aliphatic rings. The number of hydrogen-bond acceptors (Lipinski definition) is 6. The van der Waals surface area contributed by atoms with Crippen LogP contribution < -0.4 is 9.64 Å². The molecule has 2 aromatic heterocycles. The van der Waals surface area contributed by atoms with E-state index < -0.39 is 0 Å². The third-order valence-electron chi connectivity index (χ3n) is 5.43. The van der Waals surface area contributed by atoms with E-state index in [1.54, 1.807) is 0 Å². The monoisotopic (exact) mass is 370 g/mol. The minimum Gasteiger partial charge on any atom is -0.490 e. The molecule has 0 aliphatic carbocycles. The smallest absolute Gasteiger partial charge is 0.162 e. The second-order valence-electron chi connectivity index (χ2n) is 7.00. The highest BCUT2D eigenvalue weighted by Crippen LogP contribution is 2.32. The van der Waals surface area contributed by atoms with Gasteiger partial charge in [0.15, 0.2) is 5.82 Å². The van der Waals surface area contributed by atoms with Crippen molar-refractivity contribution >= 4 is 28.4 Å². The second-order valence-corrected chi connectivity index (χ2v) is 7.56. The molecule has 3 aromatic rings. The molecule has 5 rings (SSSR count). The molecule has 2 saturated heterocycles. The van der Waals surface area contributed by atoms with E-state index in [1.807, 2.05) is 6.20 Å². The Labute approximate surface area is 156 Å². The van der Waals surface area contributed by atoms with E-state index >= 15 is 0 Å². The van der Waals surface area contributed by atoms with Crippen molar-refractivity contribution in [1.29, 1.82) is 0 Å². The van der Waals surface area contributed by atoms with Crippen LogP contribution in [0.1, 0.15) is 25.3 Å². The Hall–Kier alpha value is -2.12. The van der Waals surface area contributed by atoms with Crippen molar-refractivity contribution in [3.05, 3.63) is 36.7 Å². The first-order valence-corrected chi connectivity index (χ1v) is 9.98. The van der Waals surface area contributed by atoms with E-state index in [4.69, 9.17) is 9.47 Å². The van der Waals surface area contributed by atoms with Gasteiger partial charge in [-0.25, -0.2) is 0 Å². The van der Waals surface area contributed by atoms with Crippen LogP contribution in [0.15, 0.2) is 36.7 Å². The molecule has 2 fully saturated rings. The van der Waals surface area contributed by atoms with Gasteiger partial charge < -0.3 is 18.9 Å². The zero-order valence-corrected chi connectivity index (χ0v) is 15.4. The molecule has 1 aromatic carbocycles. The number of ether oxygens (including phenoxy) is 2. The summed E-state index contributed by atoms with van der Waals surface area (Å²) in [6.45, 7) is 3.59. The van der Waals surface area contributed by atoms with Gasteiger partial charge in [0.1, 0.15) is 11.9 Å². The molecule has 6 nitrogen and oxygen atoms in total. The van der Waals surface area contributed by atoms with Crippen LogP contribution in [0.5, 0.6) is 5.75 Å². The Morgan fingerprint density at radius 3 is 2.85 bits per heavy atom. The minimum absolute atomic E-state index is 0.251. The normalized spacial score (nSPS) is 21.5. The Kier molecular flexibility index (Phi) is 4.26. The third kappa shape index (κ3) is 2.95. The molecular formula is C19H22N4O2S. The van der Waals surface area contributed by atoms with Crippen LogP contribution in [0.25, 0.3) is 10.9 Å². The highest BCUT2D eigenvalue weighted by atomic mass is 32.1. The molecule has 1 unspecified atom stereocenters. The zero-order chi connectivity index (χ0) is 17.3. The predicted molar refractivity (Wildman–Crippen MR) is 102 cm³/mol. The van der Waals surface area contributed by atoms with Crippen LogP contribution >= 0.6 is 11.7 Å². The fourth-order valence-corrected chi connectivity index (χ4v) is 4.44. The quantitative estimate of drug-likeness (QED) is 0.703. The SMILES string of the molecule is c1cc(OC2CCN(c3cnsn3)CC2)c2ccn(C3CCOC3)c2c1. The lowest BCUT2D eigenvalue weighted by molar-refractivity contribution is 0.173. The van der Waals surface area contributed by atoms with Gasteiger partial charge in [-0.1, -0.05) is 6.07 Å². The van der Waals surface area contributed by atoms with E-state index in [1.165, 1.54) is 22.6 Å². The molecule has 0 bridgehead atoms. The van der Waals surface area contributed by atoms with Gasteiger partial charge in [-0.3, -0.25) is 0 Å². The summed E-state index contributed by atoms with van der Waals surface area (Å²) in [5.41, 5.74) is 1.24. The third-order valence-corrected chi connectivity index (χ3v) is 5.90. The standard InChI is InChI=1S/C19H22N4O2S/c1-2-17-16(6-10-23(17)14-7-11-24-13-14)18(3-1)25-15-4-8-22(9-5-15)19-12-20-26-21-19/h1-3,6,10,12,14-15H,4-5,7-9,11,13H2. The van der Waals surface area contributed by atoms with E-state index in [-0.39, 0.29) is 6.10 Å². The molecule has 2 aliphatic heterocycles. The molecule has 1 atom stereocenters. The number of anilines is 1. The van der Waals surface area contributed by atoms with E-state index in [0.717, 1.165) is 57.1 Å². The highest BCUT2D eigenvalue weighted by Gasteiger charge is 2.24. The van der Waals surface area contributed by atoms with Crippen molar-refractivity contribution in [1.82, 2.24) is 13.3 Å². The maximum absolute atomic E-state index is 6.41. The Morgan fingerprint density at radius 2 is 2.08 bits per heavy atom. The van der Waals surface area contributed by atoms with Gasteiger partial charge in [-0.2, -0.15) is 8.75 Å². The van der Waals surface area contributed by atoms with Crippen LogP contribution in [-0.2, 0) is 4.74 Å². The summed E-state index contributed by atoms with van der Waals surface area (Å²) >= 11 is 1.27. The Morgan fingerprint density at radius 1 is 1.15 bits per heavy atom. The van der Waals surface area contributed by atoms with Crippen molar-refractivity contribution in [2.45, 2.75) is 31.4 Å². The van der Waals surface area contributed by atoms with E-state index in [2.05, 4.69) is 48.7 Å². The fraction of sp³-hybridized carbons (Fsp3) is 0.474. The summed E-state index contributed by atoms with van der Waals surface area (Å²) in [4.78, 5) is 2.29. The number of hydrogen-bond donors (Lipinski definition) is 0. The van der Waals surface area contributed by atoms with Crippen molar-refractivity contribution in [3.63, 3.8) is 0 Å². The lowest BCUT2D eigenvalue weighted by atomic mass is 10.1. The summed E-state index contributed by atoms with van der Waals surface area (Å²) in [5.74, 6) is 1.99. The molecule has 0 radical (unpaired) electrons. The van der Waals surface area contributed by atoms with E-state index in [9.17, 15) is 0 Å². The maximum Gasteiger partial charge on any atom is 0.162 e. The van der Waals surface area contributed by atoms with Crippen LogP contribution in [0.2, 0.25) is 0 Å². The molecule has 0 saturated carbocycles. The molecule has 7 heteroatoms. The van der Waals surface area contributed by atoms with Crippen molar-refractivity contribution in [2.24, 2.45) is 0 Å². The average Bonchev–Trinajstić information content (AvgIpc) is 3.43. The van der Waals surface area contributed by atoms with E-state index in [0.29, 0.717) is 6.04 Å². The summed E-state index contributed by atoms with van der Waals surface area (Å²) in [7, 11) is 0. The first-order valence-electron chi connectivity index (χ1n) is 9.25. The molecule has 136 valence electrons. The van der Waals surface area contributed by atoms with Crippen LogP contribution in [-0.4, -0.2) is 45.7 Å². The summed E-state index contributed by atoms with van der Waals surface area (Å²) in [6.07, 6.45) is 7.37. The summed E-state index contributed by atoms with van der Waals surface area (Å²) in [6, 6.07) is 8.99. The van der Waals surface area contributed by atoms with Gasteiger partial charge in [0.2, 0.25) is 0 Å². The number of piperidine rings is 1. The lowest BCUT2D eigenvalue weighted by Gasteiger charge is -2.32. The lowest BCUT2D eigenvalue weighted by Crippen LogP contribution is -2.38. The fourth-order valence-electron chi connectivity index (χ4n) is 4.00. The summed E-state index contributed by atoms with van der Waals surface area (Å²) in [5, 5.41) is 1.20. The van der Waals surface area contributed by atoms with Gasteiger partial charge in [-0.15, -0.1) is 0 Å². The molecular weight excluding hydrogens is 348 g/mol. The van der Waals surface area contributed by atoms with Crippen molar-refractivity contribution in [2.75, 3.05) is 31.2 Å². The van der Waals surface area contributed by atoms with Crippen molar-refractivity contribution < 1.29 is 9.47 Å².